The van der Waals surface area contributed by atoms with Crippen LogP contribution in [0.1, 0.15) is 38.7 Å². The maximum Gasteiger partial charge on any atom is 0.150 e. The normalized spacial score (nSPS) is 26.8. The number of rotatable bonds is 2. The first-order valence-corrected chi connectivity index (χ1v) is 6.65. The predicted molar refractivity (Wildman–Crippen MR) is 70.7 cm³/mol. The van der Waals surface area contributed by atoms with Crippen LogP contribution in [-0.4, -0.2) is 6.04 Å². The number of nitrogens with zero attached hydrogens (tertiary/aromatic N) is 1. The molecule has 19 heavy (non-hydrogen) atoms. The van der Waals surface area contributed by atoms with Crippen molar-refractivity contribution in [2.75, 3.05) is 5.32 Å². The lowest BCUT2D eigenvalue weighted by molar-refractivity contribution is 0.280. The molecule has 0 aromatic heterocycles. The standard InChI is InChI=1S/C15H18F2N2/c1-9-3-10(2)5-12(4-9)19-15-13(16)6-11(8-18)7-14(15)17/h6-7,9-10,12,19H,3-5H2,1-2H3. The van der Waals surface area contributed by atoms with Gasteiger partial charge >= 0.3 is 0 Å². The summed E-state index contributed by atoms with van der Waals surface area (Å²) in [5.74, 6) is -0.263. The summed E-state index contributed by atoms with van der Waals surface area (Å²) >= 11 is 0. The molecule has 1 saturated carbocycles. The van der Waals surface area contributed by atoms with Gasteiger partial charge in [0.05, 0.1) is 11.6 Å². The monoisotopic (exact) mass is 264 g/mol. The smallest absolute Gasteiger partial charge is 0.150 e. The van der Waals surface area contributed by atoms with Crippen LogP contribution in [0.4, 0.5) is 14.5 Å². The molecule has 0 bridgehead atoms. The molecular formula is C15H18F2N2. The second-order valence-electron chi connectivity index (χ2n) is 5.69. The Kier molecular flexibility index (Phi) is 4.04. The van der Waals surface area contributed by atoms with E-state index in [0.29, 0.717) is 11.8 Å². The van der Waals surface area contributed by atoms with Crippen molar-refractivity contribution in [2.24, 2.45) is 11.8 Å². The van der Waals surface area contributed by atoms with Crippen LogP contribution in [-0.2, 0) is 0 Å². The highest BCUT2D eigenvalue weighted by atomic mass is 19.1. The first-order valence-electron chi connectivity index (χ1n) is 6.65. The lowest BCUT2D eigenvalue weighted by Crippen LogP contribution is -2.30. The van der Waals surface area contributed by atoms with Crippen molar-refractivity contribution in [1.29, 1.82) is 5.26 Å². The Morgan fingerprint density at radius 1 is 1.11 bits per heavy atom. The van der Waals surface area contributed by atoms with Gasteiger partial charge in [0.25, 0.3) is 0 Å². The Balaban J connectivity index is 2.17. The molecule has 4 heteroatoms. The summed E-state index contributed by atoms with van der Waals surface area (Å²) in [4.78, 5) is 0. The van der Waals surface area contributed by atoms with Gasteiger partial charge in [-0.1, -0.05) is 13.8 Å². The Morgan fingerprint density at radius 2 is 1.63 bits per heavy atom. The van der Waals surface area contributed by atoms with E-state index in [4.69, 9.17) is 5.26 Å². The van der Waals surface area contributed by atoms with Crippen molar-refractivity contribution in [3.05, 3.63) is 29.3 Å². The van der Waals surface area contributed by atoms with Crippen molar-refractivity contribution in [3.8, 4) is 6.07 Å². The van der Waals surface area contributed by atoms with Crippen LogP contribution < -0.4 is 5.32 Å². The summed E-state index contributed by atoms with van der Waals surface area (Å²) in [6, 6.07) is 3.98. The number of benzene rings is 1. The van der Waals surface area contributed by atoms with E-state index in [1.165, 1.54) is 0 Å². The lowest BCUT2D eigenvalue weighted by Gasteiger charge is -2.32. The van der Waals surface area contributed by atoms with Gasteiger partial charge in [-0.3, -0.25) is 0 Å². The molecule has 1 aromatic carbocycles. The van der Waals surface area contributed by atoms with Gasteiger partial charge in [0, 0.05) is 6.04 Å². The summed E-state index contributed by atoms with van der Waals surface area (Å²) in [5.41, 5.74) is -0.101. The molecule has 1 fully saturated rings. The fourth-order valence-corrected chi connectivity index (χ4v) is 3.04. The average molecular weight is 264 g/mol. The molecule has 2 atom stereocenters. The molecule has 1 N–H and O–H groups in total. The molecule has 0 amide bonds. The van der Waals surface area contributed by atoms with Gasteiger partial charge in [0.1, 0.15) is 5.69 Å². The fraction of sp³-hybridized carbons (Fsp3) is 0.533. The molecule has 0 radical (unpaired) electrons. The lowest BCUT2D eigenvalue weighted by atomic mass is 9.80. The zero-order chi connectivity index (χ0) is 14.0. The predicted octanol–water partition coefficient (Wildman–Crippen LogP) is 4.07. The van der Waals surface area contributed by atoms with E-state index in [-0.39, 0.29) is 17.3 Å². The minimum atomic E-state index is -0.692. The largest absolute Gasteiger partial charge is 0.378 e. The van der Waals surface area contributed by atoms with E-state index in [0.717, 1.165) is 31.4 Å². The molecule has 0 aliphatic heterocycles. The number of hydrogen-bond acceptors (Lipinski definition) is 2. The Morgan fingerprint density at radius 3 is 2.11 bits per heavy atom. The molecule has 1 aliphatic carbocycles. The van der Waals surface area contributed by atoms with E-state index >= 15 is 0 Å². The summed E-state index contributed by atoms with van der Waals surface area (Å²) in [7, 11) is 0. The van der Waals surface area contributed by atoms with Crippen LogP contribution in [0.2, 0.25) is 0 Å². The fourth-order valence-electron chi connectivity index (χ4n) is 3.04. The van der Waals surface area contributed by atoms with Gasteiger partial charge in [0.15, 0.2) is 11.6 Å². The SMILES string of the molecule is CC1CC(C)CC(Nc2c(F)cc(C#N)cc2F)C1. The molecule has 102 valence electrons. The summed E-state index contributed by atoms with van der Waals surface area (Å²) in [5, 5.41) is 11.6. The third kappa shape index (κ3) is 3.23. The third-order valence-electron chi connectivity index (χ3n) is 3.70. The second-order valence-corrected chi connectivity index (χ2v) is 5.69. The number of halogens is 2. The van der Waals surface area contributed by atoms with E-state index in [2.05, 4.69) is 19.2 Å². The molecule has 0 heterocycles. The second kappa shape index (κ2) is 5.56. The van der Waals surface area contributed by atoms with Crippen molar-refractivity contribution in [1.82, 2.24) is 0 Å². The van der Waals surface area contributed by atoms with Crippen molar-refractivity contribution >= 4 is 5.69 Å². The molecule has 2 rings (SSSR count). The Labute approximate surface area is 112 Å². The third-order valence-corrected chi connectivity index (χ3v) is 3.70. The summed E-state index contributed by atoms with van der Waals surface area (Å²) in [6.45, 7) is 4.33. The van der Waals surface area contributed by atoms with E-state index in [9.17, 15) is 8.78 Å². The molecule has 0 spiro atoms. The Hall–Kier alpha value is -1.63. The maximum atomic E-state index is 13.8. The molecule has 1 aromatic rings. The number of nitriles is 1. The van der Waals surface area contributed by atoms with Crippen LogP contribution in [0.5, 0.6) is 0 Å². The van der Waals surface area contributed by atoms with E-state index in [1.54, 1.807) is 6.07 Å². The summed E-state index contributed by atoms with van der Waals surface area (Å²) < 4.78 is 27.6. The zero-order valence-electron chi connectivity index (χ0n) is 11.2. The number of anilines is 1. The van der Waals surface area contributed by atoms with Gasteiger partial charge in [0.2, 0.25) is 0 Å². The van der Waals surface area contributed by atoms with E-state index in [1.807, 2.05) is 0 Å². The van der Waals surface area contributed by atoms with Crippen LogP contribution in [0.15, 0.2) is 12.1 Å². The van der Waals surface area contributed by atoms with Gasteiger partial charge in [-0.05, 0) is 43.2 Å². The zero-order valence-corrected chi connectivity index (χ0v) is 11.2. The summed E-state index contributed by atoms with van der Waals surface area (Å²) in [6.07, 6.45) is 3.00. The van der Waals surface area contributed by atoms with Gasteiger partial charge in [-0.2, -0.15) is 5.26 Å². The molecular weight excluding hydrogens is 246 g/mol. The quantitative estimate of drug-likeness (QED) is 0.873. The van der Waals surface area contributed by atoms with Crippen molar-refractivity contribution in [3.63, 3.8) is 0 Å². The molecule has 1 aliphatic rings. The minimum Gasteiger partial charge on any atom is -0.378 e. The highest BCUT2D eigenvalue weighted by Crippen LogP contribution is 2.32. The number of nitrogens with one attached hydrogen (secondary N) is 1. The van der Waals surface area contributed by atoms with Crippen LogP contribution >= 0.6 is 0 Å². The topological polar surface area (TPSA) is 35.8 Å². The average Bonchev–Trinajstić information content (AvgIpc) is 2.32. The van der Waals surface area contributed by atoms with Gasteiger partial charge in [-0.25, -0.2) is 8.78 Å². The highest BCUT2D eigenvalue weighted by Gasteiger charge is 2.25. The molecule has 2 unspecified atom stereocenters. The van der Waals surface area contributed by atoms with Crippen LogP contribution in [0.3, 0.4) is 0 Å². The van der Waals surface area contributed by atoms with Crippen molar-refractivity contribution in [2.45, 2.75) is 39.2 Å². The van der Waals surface area contributed by atoms with Crippen LogP contribution in [0, 0.1) is 34.8 Å². The van der Waals surface area contributed by atoms with Gasteiger partial charge in [-0.15, -0.1) is 0 Å². The Bertz CT molecular complexity index is 474. The van der Waals surface area contributed by atoms with Gasteiger partial charge < -0.3 is 5.32 Å². The first kappa shape index (κ1) is 13.8. The maximum absolute atomic E-state index is 13.8. The van der Waals surface area contributed by atoms with Crippen molar-refractivity contribution < 1.29 is 8.78 Å². The minimum absolute atomic E-state index is 0.00549. The molecule has 0 saturated heterocycles. The molecule has 2 nitrogen and oxygen atoms in total. The van der Waals surface area contributed by atoms with Crippen LogP contribution in [0.25, 0.3) is 0 Å². The van der Waals surface area contributed by atoms with E-state index < -0.39 is 11.6 Å². The number of hydrogen-bond donors (Lipinski definition) is 1. The first-order chi connectivity index (χ1) is 8.99. The highest BCUT2D eigenvalue weighted by molar-refractivity contribution is 5.51.